The molecule has 4 nitrogen and oxygen atoms in total. The number of halogens is 2. The van der Waals surface area contributed by atoms with Crippen molar-refractivity contribution >= 4 is 29.1 Å². The topological polar surface area (TPSA) is 49.4 Å². The molecule has 0 saturated carbocycles. The molecule has 2 aromatic rings. The molecule has 2 aliphatic rings. The number of amides is 2. The largest absolute Gasteiger partial charge is 0.348 e. The van der Waals surface area contributed by atoms with Gasteiger partial charge in [0.2, 0.25) is 11.8 Å². The van der Waals surface area contributed by atoms with Crippen LogP contribution in [0, 0.1) is 12.7 Å². The standard InChI is InChI=1S/C22H22ClFN2O2/c1-14-7-8-15(24)13-16(14)20-22(10-9-19(27)25-20)17-5-2-3-6-18(17)26(21(22)28)12-4-11-23/h2-3,5-8,13,20H,4,9-12H2,1H3,(H,25,27). The van der Waals surface area contributed by atoms with Gasteiger partial charge in [-0.25, -0.2) is 4.39 Å². The van der Waals surface area contributed by atoms with Crippen molar-refractivity contribution in [1.82, 2.24) is 5.32 Å². The number of carbonyl (C=O) groups excluding carboxylic acids is 2. The zero-order chi connectivity index (χ0) is 19.9. The molecule has 146 valence electrons. The lowest BCUT2D eigenvalue weighted by molar-refractivity contribution is -0.131. The van der Waals surface area contributed by atoms with Gasteiger partial charge in [-0.15, -0.1) is 11.6 Å². The SMILES string of the molecule is Cc1ccc(F)cc1C1NC(=O)CCC12C(=O)N(CCCCl)c1ccccc12. The molecule has 2 atom stereocenters. The number of hydrogen-bond acceptors (Lipinski definition) is 2. The summed E-state index contributed by atoms with van der Waals surface area (Å²) in [5.74, 6) is -0.0909. The number of carbonyl (C=O) groups is 2. The van der Waals surface area contributed by atoms with Crippen LogP contribution in [0.3, 0.4) is 0 Å². The first-order valence-electron chi connectivity index (χ1n) is 9.52. The molecule has 1 fully saturated rings. The summed E-state index contributed by atoms with van der Waals surface area (Å²) in [6.45, 7) is 2.39. The Bertz CT molecular complexity index is 948. The molecule has 2 amide bonds. The highest BCUT2D eigenvalue weighted by Gasteiger charge is 2.58. The van der Waals surface area contributed by atoms with E-state index in [0.717, 1.165) is 16.8 Å². The highest BCUT2D eigenvalue weighted by Crippen LogP contribution is 2.53. The second kappa shape index (κ2) is 7.21. The van der Waals surface area contributed by atoms with Crippen LogP contribution in [0.25, 0.3) is 0 Å². The van der Waals surface area contributed by atoms with Crippen molar-refractivity contribution in [2.75, 3.05) is 17.3 Å². The number of nitrogens with zero attached hydrogens (tertiary/aromatic N) is 1. The lowest BCUT2D eigenvalue weighted by atomic mass is 9.67. The molecule has 2 aromatic carbocycles. The van der Waals surface area contributed by atoms with E-state index in [4.69, 9.17) is 11.6 Å². The molecule has 4 rings (SSSR count). The number of hydrogen-bond donors (Lipinski definition) is 1. The minimum absolute atomic E-state index is 0.0486. The van der Waals surface area contributed by atoms with Crippen molar-refractivity contribution < 1.29 is 14.0 Å². The Labute approximate surface area is 168 Å². The third-order valence-electron chi connectivity index (χ3n) is 5.91. The Kier molecular flexibility index (Phi) is 4.88. The molecule has 2 aliphatic heterocycles. The normalized spacial score (nSPS) is 23.8. The molecule has 1 N–H and O–H groups in total. The molecule has 0 aromatic heterocycles. The second-order valence-corrected chi connectivity index (χ2v) is 7.87. The van der Waals surface area contributed by atoms with E-state index in [1.165, 1.54) is 12.1 Å². The van der Waals surface area contributed by atoms with Crippen LogP contribution >= 0.6 is 11.6 Å². The van der Waals surface area contributed by atoms with Gasteiger partial charge < -0.3 is 10.2 Å². The Morgan fingerprint density at radius 1 is 1.25 bits per heavy atom. The molecule has 28 heavy (non-hydrogen) atoms. The fraction of sp³-hybridized carbons (Fsp3) is 0.364. The van der Waals surface area contributed by atoms with Gasteiger partial charge in [0.25, 0.3) is 0 Å². The van der Waals surface area contributed by atoms with Crippen molar-refractivity contribution in [3.05, 3.63) is 65.0 Å². The fourth-order valence-electron chi connectivity index (χ4n) is 4.59. The number of nitrogens with one attached hydrogen (secondary N) is 1. The summed E-state index contributed by atoms with van der Waals surface area (Å²) in [5, 5.41) is 3.00. The average molecular weight is 401 g/mol. The number of fused-ring (bicyclic) bond motifs is 2. The Hall–Kier alpha value is -2.40. The van der Waals surface area contributed by atoms with Crippen molar-refractivity contribution in [3.8, 4) is 0 Å². The van der Waals surface area contributed by atoms with E-state index < -0.39 is 11.5 Å². The summed E-state index contributed by atoms with van der Waals surface area (Å²) in [6.07, 6.45) is 1.33. The molecule has 0 bridgehead atoms. The fourth-order valence-corrected chi connectivity index (χ4v) is 4.71. The van der Waals surface area contributed by atoms with Gasteiger partial charge in [-0.2, -0.15) is 0 Å². The maximum atomic E-state index is 14.1. The maximum absolute atomic E-state index is 14.1. The van der Waals surface area contributed by atoms with Crippen molar-refractivity contribution in [2.24, 2.45) is 0 Å². The predicted octanol–water partition coefficient (Wildman–Crippen LogP) is 4.00. The monoisotopic (exact) mass is 400 g/mol. The van der Waals surface area contributed by atoms with Crippen LogP contribution in [-0.4, -0.2) is 24.2 Å². The van der Waals surface area contributed by atoms with Gasteiger partial charge in [-0.3, -0.25) is 9.59 Å². The van der Waals surface area contributed by atoms with Crippen LogP contribution in [-0.2, 0) is 15.0 Å². The van der Waals surface area contributed by atoms with Crippen LogP contribution in [0.15, 0.2) is 42.5 Å². The van der Waals surface area contributed by atoms with Gasteiger partial charge >= 0.3 is 0 Å². The Morgan fingerprint density at radius 3 is 2.82 bits per heavy atom. The third kappa shape index (κ3) is 2.80. The molecular weight excluding hydrogens is 379 g/mol. The van der Waals surface area contributed by atoms with Gasteiger partial charge in [-0.05, 0) is 54.7 Å². The van der Waals surface area contributed by atoms with Crippen molar-refractivity contribution in [3.63, 3.8) is 0 Å². The summed E-state index contributed by atoms with van der Waals surface area (Å²) in [5.41, 5.74) is 2.30. The number of para-hydroxylation sites is 1. The van der Waals surface area contributed by atoms with Gasteiger partial charge in [0, 0.05) is 24.5 Å². The molecular formula is C22H22ClFN2O2. The van der Waals surface area contributed by atoms with Crippen molar-refractivity contribution in [1.29, 1.82) is 0 Å². The number of rotatable bonds is 4. The van der Waals surface area contributed by atoms with E-state index in [0.29, 0.717) is 30.8 Å². The van der Waals surface area contributed by atoms with E-state index >= 15 is 0 Å². The van der Waals surface area contributed by atoms with Gasteiger partial charge in [-0.1, -0.05) is 24.3 Å². The molecule has 0 radical (unpaired) electrons. The number of piperidine rings is 1. The molecule has 6 heteroatoms. The second-order valence-electron chi connectivity index (χ2n) is 7.49. The minimum Gasteiger partial charge on any atom is -0.348 e. The van der Waals surface area contributed by atoms with E-state index in [1.807, 2.05) is 31.2 Å². The van der Waals surface area contributed by atoms with Crippen molar-refractivity contribution in [2.45, 2.75) is 37.6 Å². The van der Waals surface area contributed by atoms with Crippen LogP contribution in [0.2, 0.25) is 0 Å². The highest BCUT2D eigenvalue weighted by atomic mass is 35.5. The molecule has 2 unspecified atom stereocenters. The summed E-state index contributed by atoms with van der Waals surface area (Å²) in [6, 6.07) is 11.6. The average Bonchev–Trinajstić information content (AvgIpc) is 2.93. The smallest absolute Gasteiger partial charge is 0.240 e. The first-order valence-corrected chi connectivity index (χ1v) is 10.1. The van der Waals surface area contributed by atoms with E-state index in [-0.39, 0.29) is 24.1 Å². The lowest BCUT2D eigenvalue weighted by Crippen LogP contribution is -2.54. The third-order valence-corrected chi connectivity index (χ3v) is 6.18. The van der Waals surface area contributed by atoms with Crippen LogP contribution in [0.4, 0.5) is 10.1 Å². The number of benzene rings is 2. The zero-order valence-corrected chi connectivity index (χ0v) is 16.4. The minimum atomic E-state index is -0.935. The van der Waals surface area contributed by atoms with Gasteiger partial charge in [0.05, 0.1) is 6.04 Å². The zero-order valence-electron chi connectivity index (χ0n) is 15.7. The van der Waals surface area contributed by atoms with Crippen LogP contribution in [0.5, 0.6) is 0 Å². The number of anilines is 1. The van der Waals surface area contributed by atoms with Crippen LogP contribution in [0.1, 0.15) is 42.0 Å². The first-order chi connectivity index (χ1) is 13.5. The molecule has 1 spiro atoms. The van der Waals surface area contributed by atoms with Crippen LogP contribution < -0.4 is 10.2 Å². The quantitative estimate of drug-likeness (QED) is 0.788. The summed E-state index contributed by atoms with van der Waals surface area (Å²) < 4.78 is 14.1. The summed E-state index contributed by atoms with van der Waals surface area (Å²) >= 11 is 5.88. The number of alkyl halides is 1. The molecule has 0 aliphatic carbocycles. The Morgan fingerprint density at radius 2 is 2.04 bits per heavy atom. The highest BCUT2D eigenvalue weighted by molar-refractivity contribution is 6.18. The van der Waals surface area contributed by atoms with E-state index in [2.05, 4.69) is 5.32 Å². The Balaban J connectivity index is 1.90. The molecule has 1 saturated heterocycles. The lowest BCUT2D eigenvalue weighted by Gasteiger charge is -2.41. The van der Waals surface area contributed by atoms with Gasteiger partial charge in [0.15, 0.2) is 0 Å². The predicted molar refractivity (Wildman–Crippen MR) is 107 cm³/mol. The van der Waals surface area contributed by atoms with E-state index in [9.17, 15) is 14.0 Å². The first kappa shape index (κ1) is 18.9. The summed E-state index contributed by atoms with van der Waals surface area (Å²) in [4.78, 5) is 27.9. The molecule has 2 heterocycles. The van der Waals surface area contributed by atoms with E-state index in [1.54, 1.807) is 11.0 Å². The maximum Gasteiger partial charge on any atom is 0.240 e. The number of aryl methyl sites for hydroxylation is 1. The summed E-state index contributed by atoms with van der Waals surface area (Å²) in [7, 11) is 0. The van der Waals surface area contributed by atoms with Gasteiger partial charge in [0.1, 0.15) is 11.2 Å².